The van der Waals surface area contributed by atoms with E-state index in [0.717, 1.165) is 5.56 Å². The number of halogens is 4. The minimum atomic E-state index is -3.94. The van der Waals surface area contributed by atoms with Gasteiger partial charge in [-0.05, 0) is 46.6 Å². The van der Waals surface area contributed by atoms with Gasteiger partial charge < -0.3 is 0 Å². The molecule has 0 atom stereocenters. The van der Waals surface area contributed by atoms with Crippen molar-refractivity contribution < 1.29 is 8.42 Å². The van der Waals surface area contributed by atoms with Gasteiger partial charge in [0.25, 0.3) is 10.0 Å². The lowest BCUT2D eigenvalue weighted by Gasteiger charge is -2.12. The molecule has 2 aromatic rings. The van der Waals surface area contributed by atoms with Crippen molar-refractivity contribution in [2.45, 2.75) is 11.8 Å². The maximum atomic E-state index is 12.4. The first kappa shape index (κ1) is 16.8. The fraction of sp³-hybridized carbons (Fsp3) is 0.0833. The SMILES string of the molecule is Cc1cc(Cl)c(NS(=O)(=O)c2cc(Br)cnc2Cl)cc1Cl. The predicted octanol–water partition coefficient (Wildman–Crippen LogP) is 4.91. The summed E-state index contributed by atoms with van der Waals surface area (Å²) < 4.78 is 27.6. The molecule has 1 heterocycles. The summed E-state index contributed by atoms with van der Waals surface area (Å²) in [5, 5.41) is 0.496. The number of rotatable bonds is 3. The number of benzene rings is 1. The minimum Gasteiger partial charge on any atom is -0.278 e. The second-order valence-corrected chi connectivity index (χ2v) is 7.87. The average Bonchev–Trinajstić information content (AvgIpc) is 2.38. The van der Waals surface area contributed by atoms with E-state index in [1.807, 2.05) is 0 Å². The monoisotopic (exact) mass is 428 g/mol. The Morgan fingerprint density at radius 1 is 1.14 bits per heavy atom. The zero-order valence-electron chi connectivity index (χ0n) is 10.5. The van der Waals surface area contributed by atoms with Crippen molar-refractivity contribution in [3.8, 4) is 0 Å². The van der Waals surface area contributed by atoms with Crippen LogP contribution in [0, 0.1) is 6.92 Å². The molecule has 1 aromatic carbocycles. The molecule has 0 aliphatic carbocycles. The number of anilines is 1. The molecule has 0 unspecified atom stereocenters. The molecule has 0 spiro atoms. The third-order valence-electron chi connectivity index (χ3n) is 2.56. The number of aryl methyl sites for hydroxylation is 1. The van der Waals surface area contributed by atoms with Crippen molar-refractivity contribution in [2.75, 3.05) is 4.72 Å². The highest BCUT2D eigenvalue weighted by molar-refractivity contribution is 9.10. The first-order valence-corrected chi connectivity index (χ1v) is 8.91. The van der Waals surface area contributed by atoms with Crippen LogP contribution in [0.5, 0.6) is 0 Å². The summed E-state index contributed by atoms with van der Waals surface area (Å²) in [5.41, 5.74) is 0.912. The fourth-order valence-corrected chi connectivity index (χ4v) is 4.02. The molecule has 1 aromatic heterocycles. The number of hydrogen-bond acceptors (Lipinski definition) is 3. The number of pyridine rings is 1. The number of nitrogens with one attached hydrogen (secondary N) is 1. The molecule has 2 rings (SSSR count). The second-order valence-electron chi connectivity index (χ2n) is 4.13. The fourth-order valence-electron chi connectivity index (χ4n) is 1.52. The van der Waals surface area contributed by atoms with Gasteiger partial charge in [-0.2, -0.15) is 0 Å². The highest BCUT2D eigenvalue weighted by Crippen LogP contribution is 2.32. The van der Waals surface area contributed by atoms with Gasteiger partial charge in [-0.3, -0.25) is 4.72 Å². The zero-order chi connectivity index (χ0) is 15.8. The van der Waals surface area contributed by atoms with E-state index in [0.29, 0.717) is 9.50 Å². The van der Waals surface area contributed by atoms with E-state index in [-0.39, 0.29) is 20.8 Å². The van der Waals surface area contributed by atoms with Crippen molar-refractivity contribution >= 4 is 66.4 Å². The Morgan fingerprint density at radius 3 is 2.48 bits per heavy atom. The summed E-state index contributed by atoms with van der Waals surface area (Å²) in [7, 11) is -3.94. The Morgan fingerprint density at radius 2 is 1.81 bits per heavy atom. The summed E-state index contributed by atoms with van der Waals surface area (Å²) in [4.78, 5) is 3.62. The number of aromatic nitrogens is 1. The highest BCUT2D eigenvalue weighted by Gasteiger charge is 2.21. The van der Waals surface area contributed by atoms with Crippen LogP contribution in [0.4, 0.5) is 5.69 Å². The molecular weight excluding hydrogens is 422 g/mol. The normalized spacial score (nSPS) is 11.5. The van der Waals surface area contributed by atoms with Gasteiger partial charge in [0.2, 0.25) is 0 Å². The summed E-state index contributed by atoms with van der Waals surface area (Å²) in [5.74, 6) is 0. The van der Waals surface area contributed by atoms with E-state index in [1.54, 1.807) is 13.0 Å². The van der Waals surface area contributed by atoms with Crippen molar-refractivity contribution in [3.05, 3.63) is 49.6 Å². The predicted molar refractivity (Wildman–Crippen MR) is 89.0 cm³/mol. The topological polar surface area (TPSA) is 59.1 Å². The van der Waals surface area contributed by atoms with Crippen molar-refractivity contribution in [3.63, 3.8) is 0 Å². The number of hydrogen-bond donors (Lipinski definition) is 1. The Balaban J connectivity index is 2.47. The van der Waals surface area contributed by atoms with Gasteiger partial charge in [0.05, 0.1) is 10.7 Å². The smallest absolute Gasteiger partial charge is 0.265 e. The molecule has 112 valence electrons. The average molecular weight is 431 g/mol. The number of nitrogens with zero attached hydrogens (tertiary/aromatic N) is 1. The molecule has 21 heavy (non-hydrogen) atoms. The van der Waals surface area contributed by atoms with Gasteiger partial charge in [-0.25, -0.2) is 13.4 Å². The first-order chi connectivity index (χ1) is 9.70. The van der Waals surface area contributed by atoms with Gasteiger partial charge >= 0.3 is 0 Å². The van der Waals surface area contributed by atoms with Gasteiger partial charge in [-0.15, -0.1) is 0 Å². The van der Waals surface area contributed by atoms with Crippen LogP contribution in [0.25, 0.3) is 0 Å². The molecule has 0 saturated heterocycles. The molecule has 0 amide bonds. The molecule has 0 radical (unpaired) electrons. The van der Waals surface area contributed by atoms with Crippen LogP contribution in [-0.2, 0) is 10.0 Å². The second kappa shape index (κ2) is 6.30. The van der Waals surface area contributed by atoms with Crippen LogP contribution in [-0.4, -0.2) is 13.4 Å². The molecule has 0 aliphatic heterocycles. The summed E-state index contributed by atoms with van der Waals surface area (Å²) in [6, 6.07) is 4.36. The third kappa shape index (κ3) is 3.81. The molecular formula is C12H8BrCl3N2O2S. The third-order valence-corrected chi connectivity index (χ3v) is 5.50. The quantitative estimate of drug-likeness (QED) is 0.704. The molecule has 1 N–H and O–H groups in total. The Labute approximate surface area is 145 Å². The molecule has 9 heteroatoms. The van der Waals surface area contributed by atoms with E-state index in [4.69, 9.17) is 34.8 Å². The largest absolute Gasteiger partial charge is 0.278 e. The molecule has 4 nitrogen and oxygen atoms in total. The van der Waals surface area contributed by atoms with Gasteiger partial charge in [-0.1, -0.05) is 34.8 Å². The standard InChI is InChI=1S/C12H8BrCl3N2O2S/c1-6-2-9(15)10(4-8(6)14)18-21(19,20)11-3-7(13)5-17-12(11)16/h2-5,18H,1H3. The lowest BCUT2D eigenvalue weighted by molar-refractivity contribution is 0.601. The summed E-state index contributed by atoms with van der Waals surface area (Å²) in [6.07, 6.45) is 1.40. The van der Waals surface area contributed by atoms with Crippen LogP contribution in [0.15, 0.2) is 33.8 Å². The Hall–Kier alpha value is -0.530. The van der Waals surface area contributed by atoms with Crippen LogP contribution in [0.2, 0.25) is 15.2 Å². The van der Waals surface area contributed by atoms with E-state index in [1.165, 1.54) is 18.3 Å². The maximum Gasteiger partial charge on any atom is 0.265 e. The van der Waals surface area contributed by atoms with Crippen molar-refractivity contribution in [1.82, 2.24) is 4.98 Å². The van der Waals surface area contributed by atoms with E-state index < -0.39 is 10.0 Å². The zero-order valence-corrected chi connectivity index (χ0v) is 15.2. The van der Waals surface area contributed by atoms with Gasteiger partial charge in [0, 0.05) is 15.7 Å². The number of sulfonamides is 1. The maximum absolute atomic E-state index is 12.4. The van der Waals surface area contributed by atoms with E-state index >= 15 is 0 Å². The van der Waals surface area contributed by atoms with Gasteiger partial charge in [0.1, 0.15) is 10.0 Å². The summed E-state index contributed by atoms with van der Waals surface area (Å²) in [6.45, 7) is 1.77. The van der Waals surface area contributed by atoms with E-state index in [2.05, 4.69) is 25.6 Å². The Kier molecular flexibility index (Phi) is 5.05. The van der Waals surface area contributed by atoms with Crippen LogP contribution >= 0.6 is 50.7 Å². The molecule has 0 aliphatic rings. The van der Waals surface area contributed by atoms with Gasteiger partial charge in [0.15, 0.2) is 0 Å². The lowest BCUT2D eigenvalue weighted by atomic mass is 10.2. The lowest BCUT2D eigenvalue weighted by Crippen LogP contribution is -2.14. The Bertz CT molecular complexity index is 812. The molecule has 0 fully saturated rings. The van der Waals surface area contributed by atoms with Crippen molar-refractivity contribution in [1.29, 1.82) is 0 Å². The summed E-state index contributed by atoms with van der Waals surface area (Å²) >= 11 is 21.0. The minimum absolute atomic E-state index is 0.139. The first-order valence-electron chi connectivity index (χ1n) is 5.50. The van der Waals surface area contributed by atoms with Crippen LogP contribution < -0.4 is 4.72 Å². The highest BCUT2D eigenvalue weighted by atomic mass is 79.9. The van der Waals surface area contributed by atoms with Crippen LogP contribution in [0.3, 0.4) is 0 Å². The molecule has 0 saturated carbocycles. The van der Waals surface area contributed by atoms with E-state index in [9.17, 15) is 8.42 Å². The van der Waals surface area contributed by atoms with Crippen LogP contribution in [0.1, 0.15) is 5.56 Å². The van der Waals surface area contributed by atoms with Crippen molar-refractivity contribution in [2.24, 2.45) is 0 Å². The molecule has 0 bridgehead atoms.